The quantitative estimate of drug-likeness (QED) is 0.898. The van der Waals surface area contributed by atoms with Crippen LogP contribution in [0.25, 0.3) is 0 Å². The minimum atomic E-state index is -0.237. The van der Waals surface area contributed by atoms with Crippen molar-refractivity contribution >= 4 is 11.6 Å². The highest BCUT2D eigenvalue weighted by molar-refractivity contribution is 6.05. The van der Waals surface area contributed by atoms with E-state index in [1.807, 2.05) is 39.8 Å². The summed E-state index contributed by atoms with van der Waals surface area (Å²) < 4.78 is 1.76. The van der Waals surface area contributed by atoms with Crippen molar-refractivity contribution in [1.82, 2.24) is 4.57 Å². The minimum absolute atomic E-state index is 0.134. The van der Waals surface area contributed by atoms with E-state index in [1.165, 1.54) is 0 Å². The third-order valence-corrected chi connectivity index (χ3v) is 4.64. The number of hydrogen-bond acceptors (Lipinski definition) is 2. The maximum absolute atomic E-state index is 12.7. The summed E-state index contributed by atoms with van der Waals surface area (Å²) in [6.45, 7) is 10.6. The monoisotopic (exact) mass is 326 g/mol. The van der Waals surface area contributed by atoms with Crippen molar-refractivity contribution in [3.8, 4) is 0 Å². The number of aryl methyl sites for hydroxylation is 2. The Kier molecular flexibility index (Phi) is 5.60. The van der Waals surface area contributed by atoms with E-state index in [4.69, 9.17) is 0 Å². The maximum atomic E-state index is 12.7. The molecule has 0 atom stereocenters. The molecular weight excluding hydrogens is 300 g/mol. The number of aromatic nitrogens is 1. The summed E-state index contributed by atoms with van der Waals surface area (Å²) in [5, 5.41) is 2.81. The lowest BCUT2D eigenvalue weighted by Gasteiger charge is -2.15. The van der Waals surface area contributed by atoms with Crippen molar-refractivity contribution in [1.29, 1.82) is 0 Å². The smallest absolute Gasteiger partial charge is 0.274 e. The van der Waals surface area contributed by atoms with E-state index in [0.29, 0.717) is 17.8 Å². The van der Waals surface area contributed by atoms with Crippen molar-refractivity contribution in [2.45, 2.75) is 54.0 Å². The third kappa shape index (κ3) is 3.58. The molecule has 0 saturated heterocycles. The van der Waals surface area contributed by atoms with Gasteiger partial charge in [-0.25, -0.2) is 0 Å². The van der Waals surface area contributed by atoms with Gasteiger partial charge in [0.15, 0.2) is 0 Å². The van der Waals surface area contributed by atoms with Crippen LogP contribution in [-0.2, 0) is 6.54 Å². The van der Waals surface area contributed by atoms with E-state index in [2.05, 4.69) is 12.2 Å². The van der Waals surface area contributed by atoms with Crippen LogP contribution in [0.3, 0.4) is 0 Å². The summed E-state index contributed by atoms with van der Waals surface area (Å²) in [6, 6.07) is 7.38. The first-order valence-electron chi connectivity index (χ1n) is 8.45. The van der Waals surface area contributed by atoms with E-state index in [-0.39, 0.29) is 11.5 Å². The van der Waals surface area contributed by atoms with Crippen LogP contribution in [0.1, 0.15) is 52.5 Å². The molecule has 1 aromatic carbocycles. The maximum Gasteiger partial charge on any atom is 0.274 e. The van der Waals surface area contributed by atoms with E-state index in [1.54, 1.807) is 16.7 Å². The predicted molar refractivity (Wildman–Crippen MR) is 99.0 cm³/mol. The Morgan fingerprint density at radius 2 is 1.83 bits per heavy atom. The van der Waals surface area contributed by atoms with Gasteiger partial charge in [0, 0.05) is 17.8 Å². The van der Waals surface area contributed by atoms with Gasteiger partial charge in [0.2, 0.25) is 0 Å². The molecule has 1 aromatic heterocycles. The summed E-state index contributed by atoms with van der Waals surface area (Å²) in [5.41, 5.74) is 4.77. The molecule has 0 aliphatic rings. The first kappa shape index (κ1) is 18.0. The SMILES string of the molecule is CCCCn1c(C)c(C)cc(NC(=O)c2cccc(C)c2C)c1=O. The number of unbranched alkanes of at least 4 members (excludes halogenated alkanes) is 1. The van der Waals surface area contributed by atoms with Crippen LogP contribution in [0.2, 0.25) is 0 Å². The molecule has 0 bridgehead atoms. The second kappa shape index (κ2) is 7.47. The summed E-state index contributed by atoms with van der Waals surface area (Å²) in [5.74, 6) is -0.237. The first-order chi connectivity index (χ1) is 11.4. The lowest BCUT2D eigenvalue weighted by atomic mass is 10.0. The fourth-order valence-electron chi connectivity index (χ4n) is 2.76. The van der Waals surface area contributed by atoms with Crippen molar-refractivity contribution in [2.75, 3.05) is 5.32 Å². The molecule has 1 N–H and O–H groups in total. The van der Waals surface area contributed by atoms with Crippen molar-refractivity contribution in [3.05, 3.63) is 62.6 Å². The Morgan fingerprint density at radius 1 is 1.12 bits per heavy atom. The van der Waals surface area contributed by atoms with Crippen LogP contribution in [0.4, 0.5) is 5.69 Å². The molecule has 0 aliphatic heterocycles. The number of benzene rings is 1. The second-order valence-electron chi connectivity index (χ2n) is 6.34. The minimum Gasteiger partial charge on any atom is -0.317 e. The van der Waals surface area contributed by atoms with Crippen LogP contribution >= 0.6 is 0 Å². The Morgan fingerprint density at radius 3 is 2.50 bits per heavy atom. The normalized spacial score (nSPS) is 10.7. The van der Waals surface area contributed by atoms with Crippen LogP contribution in [0, 0.1) is 27.7 Å². The number of nitrogens with zero attached hydrogens (tertiary/aromatic N) is 1. The summed E-state index contributed by atoms with van der Waals surface area (Å²) >= 11 is 0. The molecule has 24 heavy (non-hydrogen) atoms. The van der Waals surface area contributed by atoms with Crippen LogP contribution < -0.4 is 10.9 Å². The number of anilines is 1. The van der Waals surface area contributed by atoms with Crippen LogP contribution in [0.15, 0.2) is 29.1 Å². The topological polar surface area (TPSA) is 51.1 Å². The molecule has 0 fully saturated rings. The second-order valence-corrected chi connectivity index (χ2v) is 6.34. The molecule has 0 radical (unpaired) electrons. The van der Waals surface area contributed by atoms with E-state index in [9.17, 15) is 9.59 Å². The van der Waals surface area contributed by atoms with Gasteiger partial charge >= 0.3 is 0 Å². The van der Waals surface area contributed by atoms with E-state index >= 15 is 0 Å². The zero-order chi connectivity index (χ0) is 17.9. The summed E-state index contributed by atoms with van der Waals surface area (Å²) in [7, 11) is 0. The molecule has 0 unspecified atom stereocenters. The molecule has 0 aliphatic carbocycles. The lowest BCUT2D eigenvalue weighted by Crippen LogP contribution is -2.28. The lowest BCUT2D eigenvalue weighted by molar-refractivity contribution is 0.102. The number of nitrogens with one attached hydrogen (secondary N) is 1. The Labute approximate surface area is 143 Å². The standard InChI is InChI=1S/C20H26N2O2/c1-6-7-11-22-16(5)14(3)12-18(20(22)24)21-19(23)17-10-8-9-13(2)15(17)4/h8-10,12H,6-7,11H2,1-5H3,(H,21,23). The summed E-state index contributed by atoms with van der Waals surface area (Å²) in [6.07, 6.45) is 1.96. The van der Waals surface area contributed by atoms with Crippen molar-refractivity contribution in [2.24, 2.45) is 0 Å². The average molecular weight is 326 g/mol. The number of carbonyl (C=O) groups is 1. The zero-order valence-corrected chi connectivity index (χ0v) is 15.2. The number of amides is 1. The molecule has 1 amide bonds. The number of rotatable bonds is 5. The fourth-order valence-corrected chi connectivity index (χ4v) is 2.76. The number of carbonyl (C=O) groups excluding carboxylic acids is 1. The molecule has 128 valence electrons. The molecule has 4 heteroatoms. The van der Waals surface area contributed by atoms with Gasteiger partial charge in [-0.2, -0.15) is 0 Å². The Bertz CT molecular complexity index is 819. The predicted octanol–water partition coefficient (Wildman–Crippen LogP) is 4.13. The number of pyridine rings is 1. The van der Waals surface area contributed by atoms with E-state index in [0.717, 1.165) is 35.2 Å². The van der Waals surface area contributed by atoms with Gasteiger partial charge in [0.1, 0.15) is 5.69 Å². The van der Waals surface area contributed by atoms with Crippen LogP contribution in [0.5, 0.6) is 0 Å². The number of hydrogen-bond donors (Lipinski definition) is 1. The highest BCUT2D eigenvalue weighted by Gasteiger charge is 2.15. The first-order valence-corrected chi connectivity index (χ1v) is 8.45. The van der Waals surface area contributed by atoms with Crippen molar-refractivity contribution in [3.63, 3.8) is 0 Å². The van der Waals surface area contributed by atoms with Crippen molar-refractivity contribution < 1.29 is 4.79 Å². The fraction of sp³-hybridized carbons (Fsp3) is 0.400. The highest BCUT2D eigenvalue weighted by atomic mass is 16.2. The Balaban J connectivity index is 2.39. The molecule has 2 aromatic rings. The molecule has 4 nitrogen and oxygen atoms in total. The van der Waals surface area contributed by atoms with Gasteiger partial charge in [0.25, 0.3) is 11.5 Å². The molecule has 0 spiro atoms. The largest absolute Gasteiger partial charge is 0.317 e. The summed E-state index contributed by atoms with van der Waals surface area (Å²) in [4.78, 5) is 25.3. The third-order valence-electron chi connectivity index (χ3n) is 4.64. The zero-order valence-electron chi connectivity index (χ0n) is 15.2. The van der Waals surface area contributed by atoms with Gasteiger partial charge in [-0.15, -0.1) is 0 Å². The molecule has 2 rings (SSSR count). The highest BCUT2D eigenvalue weighted by Crippen LogP contribution is 2.16. The van der Waals surface area contributed by atoms with Gasteiger partial charge in [-0.1, -0.05) is 25.5 Å². The average Bonchev–Trinajstić information content (AvgIpc) is 2.55. The van der Waals surface area contributed by atoms with Crippen LogP contribution in [-0.4, -0.2) is 10.5 Å². The van der Waals surface area contributed by atoms with Gasteiger partial charge in [0.05, 0.1) is 0 Å². The van der Waals surface area contributed by atoms with Gasteiger partial charge < -0.3 is 9.88 Å². The molecule has 1 heterocycles. The molecular formula is C20H26N2O2. The molecule has 0 saturated carbocycles. The van der Waals surface area contributed by atoms with Gasteiger partial charge in [-0.3, -0.25) is 9.59 Å². The van der Waals surface area contributed by atoms with E-state index < -0.39 is 0 Å². The van der Waals surface area contributed by atoms with Gasteiger partial charge in [-0.05, 0) is 62.9 Å². The Hall–Kier alpha value is -2.36.